The number of nitrogens with zero attached hydrogens (tertiary/aromatic N) is 2. The van der Waals surface area contributed by atoms with Crippen molar-refractivity contribution in [3.8, 4) is 0 Å². The van der Waals surface area contributed by atoms with Gasteiger partial charge in [0.2, 0.25) is 11.8 Å². The van der Waals surface area contributed by atoms with Crippen molar-refractivity contribution in [1.82, 2.24) is 4.57 Å². The van der Waals surface area contributed by atoms with Gasteiger partial charge in [0.05, 0.1) is 10.4 Å². The predicted molar refractivity (Wildman–Crippen MR) is 98.5 cm³/mol. The van der Waals surface area contributed by atoms with E-state index in [1.807, 2.05) is 30.3 Å². The highest BCUT2D eigenvalue weighted by Gasteiger charge is 2.15. The fourth-order valence-electron chi connectivity index (χ4n) is 2.60. The van der Waals surface area contributed by atoms with Gasteiger partial charge in [0, 0.05) is 36.2 Å². The number of fused-ring (bicyclic) bond motifs is 1. The van der Waals surface area contributed by atoms with Gasteiger partial charge in [0.15, 0.2) is 0 Å². The van der Waals surface area contributed by atoms with E-state index in [1.165, 1.54) is 22.8 Å². The average Bonchev–Trinajstić information content (AvgIpc) is 3.05. The average molecular weight is 372 g/mol. The molecule has 0 atom stereocenters. The number of aromatic nitrogens is 1. The molecule has 3 aromatic rings. The number of para-hydroxylation sites is 1. The van der Waals surface area contributed by atoms with E-state index in [9.17, 15) is 19.7 Å². The van der Waals surface area contributed by atoms with Crippen molar-refractivity contribution >= 4 is 45.7 Å². The van der Waals surface area contributed by atoms with Gasteiger partial charge in [0.1, 0.15) is 5.02 Å². The van der Waals surface area contributed by atoms with Crippen molar-refractivity contribution in [1.29, 1.82) is 0 Å². The highest BCUT2D eigenvalue weighted by Crippen LogP contribution is 2.27. The van der Waals surface area contributed by atoms with Gasteiger partial charge >= 0.3 is 0 Å². The number of hydrogen-bond acceptors (Lipinski definition) is 4. The van der Waals surface area contributed by atoms with Crippen molar-refractivity contribution in [2.45, 2.75) is 12.8 Å². The van der Waals surface area contributed by atoms with Crippen molar-refractivity contribution in [2.75, 3.05) is 5.32 Å². The molecule has 0 radical (unpaired) electrons. The first-order valence-electron chi connectivity index (χ1n) is 7.79. The molecule has 0 aliphatic heterocycles. The number of nitrogens with one attached hydrogen (secondary N) is 1. The van der Waals surface area contributed by atoms with Crippen molar-refractivity contribution in [3.63, 3.8) is 0 Å². The number of anilines is 1. The van der Waals surface area contributed by atoms with Crippen LogP contribution in [0.3, 0.4) is 0 Å². The van der Waals surface area contributed by atoms with Crippen LogP contribution in [-0.4, -0.2) is 21.3 Å². The van der Waals surface area contributed by atoms with Gasteiger partial charge < -0.3 is 5.32 Å². The van der Waals surface area contributed by atoms with Crippen LogP contribution in [0.5, 0.6) is 0 Å². The SMILES string of the molecule is O=C(CCC(=O)n1ccc2ccccc21)Nc1ccc(Cl)c([N+](=O)[O-])c1. The lowest BCUT2D eigenvalue weighted by Gasteiger charge is -2.07. The zero-order chi connectivity index (χ0) is 18.7. The van der Waals surface area contributed by atoms with E-state index < -0.39 is 10.8 Å². The number of carbonyl (C=O) groups excluding carboxylic acids is 2. The summed E-state index contributed by atoms with van der Waals surface area (Å²) in [6.45, 7) is 0. The Morgan fingerprint density at radius 3 is 2.65 bits per heavy atom. The Hall–Kier alpha value is -3.19. The zero-order valence-electron chi connectivity index (χ0n) is 13.5. The molecule has 0 aliphatic rings. The standard InChI is InChI=1S/C18H14ClN3O4/c19-14-6-5-13(11-16(14)22(25)26)20-17(23)7-8-18(24)21-10-9-12-3-1-2-4-15(12)21/h1-6,9-11H,7-8H2,(H,20,23). The normalized spacial score (nSPS) is 10.7. The fourth-order valence-corrected chi connectivity index (χ4v) is 2.78. The van der Waals surface area contributed by atoms with Crippen LogP contribution in [0.1, 0.15) is 17.6 Å². The largest absolute Gasteiger partial charge is 0.326 e. The zero-order valence-corrected chi connectivity index (χ0v) is 14.3. The molecular weight excluding hydrogens is 358 g/mol. The highest BCUT2D eigenvalue weighted by molar-refractivity contribution is 6.32. The molecule has 1 heterocycles. The molecule has 8 heteroatoms. The first kappa shape index (κ1) is 17.6. The number of benzene rings is 2. The maximum atomic E-state index is 12.3. The molecule has 0 saturated carbocycles. The van der Waals surface area contributed by atoms with E-state index in [0.717, 1.165) is 10.9 Å². The third-order valence-corrected chi connectivity index (χ3v) is 4.18. The third kappa shape index (κ3) is 3.73. The number of rotatable bonds is 5. The molecule has 1 amide bonds. The maximum absolute atomic E-state index is 12.3. The van der Waals surface area contributed by atoms with Gasteiger partial charge in [-0.25, -0.2) is 0 Å². The van der Waals surface area contributed by atoms with Crippen molar-refractivity contribution in [2.24, 2.45) is 0 Å². The minimum absolute atomic E-state index is 0.0114. The van der Waals surface area contributed by atoms with Crippen LogP contribution in [0.4, 0.5) is 11.4 Å². The van der Waals surface area contributed by atoms with E-state index in [1.54, 1.807) is 6.20 Å². The van der Waals surface area contributed by atoms with Gasteiger partial charge in [-0.3, -0.25) is 24.3 Å². The fraction of sp³-hybridized carbons (Fsp3) is 0.111. The molecule has 3 rings (SSSR count). The van der Waals surface area contributed by atoms with Gasteiger partial charge in [0.25, 0.3) is 5.69 Å². The van der Waals surface area contributed by atoms with Gasteiger partial charge in [-0.2, -0.15) is 0 Å². The van der Waals surface area contributed by atoms with Gasteiger partial charge in [-0.05, 0) is 24.3 Å². The van der Waals surface area contributed by atoms with Crippen LogP contribution < -0.4 is 5.32 Å². The summed E-state index contributed by atoms with van der Waals surface area (Å²) in [5.74, 6) is -0.616. The minimum Gasteiger partial charge on any atom is -0.326 e. The Morgan fingerprint density at radius 1 is 1.12 bits per heavy atom. The van der Waals surface area contributed by atoms with Crippen LogP contribution in [0.25, 0.3) is 10.9 Å². The smallest absolute Gasteiger partial charge is 0.289 e. The number of nitro groups is 1. The predicted octanol–water partition coefficient (Wildman–Crippen LogP) is 4.26. The third-order valence-electron chi connectivity index (χ3n) is 3.86. The van der Waals surface area contributed by atoms with E-state index in [-0.39, 0.29) is 35.1 Å². The Morgan fingerprint density at radius 2 is 1.88 bits per heavy atom. The lowest BCUT2D eigenvalue weighted by molar-refractivity contribution is -0.384. The highest BCUT2D eigenvalue weighted by atomic mass is 35.5. The molecule has 7 nitrogen and oxygen atoms in total. The Balaban J connectivity index is 1.63. The molecule has 0 aliphatic carbocycles. The summed E-state index contributed by atoms with van der Waals surface area (Å²) in [4.78, 5) is 34.6. The van der Waals surface area contributed by atoms with Crippen LogP contribution in [0.15, 0.2) is 54.7 Å². The topological polar surface area (TPSA) is 94.2 Å². The summed E-state index contributed by atoms with van der Waals surface area (Å²) >= 11 is 5.73. The summed E-state index contributed by atoms with van der Waals surface area (Å²) in [6, 6.07) is 13.3. The van der Waals surface area contributed by atoms with E-state index >= 15 is 0 Å². The first-order valence-corrected chi connectivity index (χ1v) is 8.16. The molecule has 0 bridgehead atoms. The second-order valence-electron chi connectivity index (χ2n) is 5.61. The monoisotopic (exact) mass is 371 g/mol. The number of hydrogen-bond donors (Lipinski definition) is 1. The Labute approximate surface area is 153 Å². The minimum atomic E-state index is -0.626. The molecule has 1 aromatic heterocycles. The van der Waals surface area contributed by atoms with Gasteiger partial charge in [-0.15, -0.1) is 0 Å². The summed E-state index contributed by atoms with van der Waals surface area (Å²) in [5, 5.41) is 14.3. The second-order valence-corrected chi connectivity index (χ2v) is 6.02. The Kier molecular flexibility index (Phi) is 4.99. The molecule has 0 unspecified atom stereocenters. The Bertz CT molecular complexity index is 1010. The molecule has 0 saturated heterocycles. The van der Waals surface area contributed by atoms with Crippen molar-refractivity contribution in [3.05, 3.63) is 69.9 Å². The molecular formula is C18H14ClN3O4. The van der Waals surface area contributed by atoms with E-state index in [0.29, 0.717) is 0 Å². The second kappa shape index (κ2) is 7.37. The maximum Gasteiger partial charge on any atom is 0.289 e. The lowest BCUT2D eigenvalue weighted by atomic mass is 10.2. The molecule has 1 N–H and O–H groups in total. The molecule has 26 heavy (non-hydrogen) atoms. The molecule has 0 fully saturated rings. The summed E-state index contributed by atoms with van der Waals surface area (Å²) in [7, 11) is 0. The number of halogens is 1. The van der Waals surface area contributed by atoms with Gasteiger partial charge in [-0.1, -0.05) is 29.8 Å². The van der Waals surface area contributed by atoms with Crippen molar-refractivity contribution < 1.29 is 14.5 Å². The van der Waals surface area contributed by atoms with Crippen LogP contribution in [-0.2, 0) is 4.79 Å². The quantitative estimate of drug-likeness (QED) is 0.535. The molecule has 2 aromatic carbocycles. The number of amides is 1. The van der Waals surface area contributed by atoms with Crippen LogP contribution in [0.2, 0.25) is 5.02 Å². The molecule has 132 valence electrons. The van der Waals surface area contributed by atoms with E-state index in [2.05, 4.69) is 5.32 Å². The summed E-state index contributed by atoms with van der Waals surface area (Å²) in [5.41, 5.74) is 0.746. The molecule has 0 spiro atoms. The number of carbonyl (C=O) groups is 2. The van der Waals surface area contributed by atoms with E-state index in [4.69, 9.17) is 11.6 Å². The summed E-state index contributed by atoms with van der Waals surface area (Å²) < 4.78 is 1.51. The van der Waals surface area contributed by atoms with Crippen LogP contribution in [0, 0.1) is 10.1 Å². The first-order chi connectivity index (χ1) is 12.5. The number of nitro benzene ring substituents is 1. The summed E-state index contributed by atoms with van der Waals surface area (Å²) in [6.07, 6.45) is 1.65. The lowest BCUT2D eigenvalue weighted by Crippen LogP contribution is -2.16. The van der Waals surface area contributed by atoms with Crippen LogP contribution >= 0.6 is 11.6 Å².